The zero-order valence-electron chi connectivity index (χ0n) is 15.6. The molecule has 0 aliphatic heterocycles. The summed E-state index contributed by atoms with van der Waals surface area (Å²) >= 11 is 7.49. The van der Waals surface area contributed by atoms with Gasteiger partial charge in [0.1, 0.15) is 5.75 Å². The summed E-state index contributed by atoms with van der Waals surface area (Å²) in [5, 5.41) is 4.49. The molecule has 3 rings (SSSR count). The van der Waals surface area contributed by atoms with Crippen molar-refractivity contribution in [3.8, 4) is 17.0 Å². The molecule has 0 saturated carbocycles. The van der Waals surface area contributed by atoms with Gasteiger partial charge in [-0.3, -0.25) is 4.79 Å². The van der Waals surface area contributed by atoms with Gasteiger partial charge in [-0.2, -0.15) is 0 Å². The molecule has 0 unspecified atom stereocenters. The summed E-state index contributed by atoms with van der Waals surface area (Å²) in [4.78, 5) is 19.6. The Hall–Kier alpha value is -2.44. The molecule has 1 heterocycles. The van der Waals surface area contributed by atoms with Gasteiger partial charge in [-0.15, -0.1) is 0 Å². The fourth-order valence-corrected chi connectivity index (χ4v) is 3.46. The van der Waals surface area contributed by atoms with E-state index in [4.69, 9.17) is 16.3 Å². The van der Waals surface area contributed by atoms with Gasteiger partial charge in [-0.1, -0.05) is 47.6 Å². The molecule has 146 valence electrons. The molecule has 1 amide bonds. The topological polar surface area (TPSA) is 67.0 Å². The van der Waals surface area contributed by atoms with E-state index in [9.17, 15) is 4.79 Å². The van der Waals surface area contributed by atoms with E-state index in [1.54, 1.807) is 25.1 Å². The first kappa shape index (κ1) is 20.3. The van der Waals surface area contributed by atoms with E-state index in [-0.39, 0.29) is 5.91 Å². The summed E-state index contributed by atoms with van der Waals surface area (Å²) in [6.07, 6.45) is 2.99. The first-order chi connectivity index (χ1) is 13.6. The molecule has 3 aromatic rings. The number of methoxy groups -OCH3 is 1. The maximum absolute atomic E-state index is 12.0. The van der Waals surface area contributed by atoms with Crippen molar-refractivity contribution in [1.82, 2.24) is 15.3 Å². The molecule has 0 saturated heterocycles. The van der Waals surface area contributed by atoms with Crippen molar-refractivity contribution in [1.29, 1.82) is 0 Å². The second-order valence-corrected chi connectivity index (χ2v) is 7.68. The number of carbonyl (C=O) groups excluding carboxylic acids is 1. The predicted octanol–water partition coefficient (Wildman–Crippen LogP) is 4.58. The van der Waals surface area contributed by atoms with Crippen molar-refractivity contribution in [2.45, 2.75) is 18.0 Å². The number of carbonyl (C=O) groups is 1. The highest BCUT2D eigenvalue weighted by atomic mass is 35.5. The van der Waals surface area contributed by atoms with E-state index in [1.165, 1.54) is 0 Å². The summed E-state index contributed by atoms with van der Waals surface area (Å²) < 4.78 is 5.13. The van der Waals surface area contributed by atoms with Crippen LogP contribution in [-0.2, 0) is 11.2 Å². The van der Waals surface area contributed by atoms with Crippen molar-refractivity contribution in [2.24, 2.45) is 0 Å². The van der Waals surface area contributed by atoms with Crippen LogP contribution in [0.15, 0.2) is 59.9 Å². The number of ether oxygens (including phenoxy) is 1. The number of imidazole rings is 1. The van der Waals surface area contributed by atoms with Gasteiger partial charge in [0.25, 0.3) is 0 Å². The number of hydrogen-bond acceptors (Lipinski definition) is 4. The zero-order chi connectivity index (χ0) is 19.8. The predicted molar refractivity (Wildman–Crippen MR) is 114 cm³/mol. The van der Waals surface area contributed by atoms with Crippen molar-refractivity contribution in [2.75, 3.05) is 19.4 Å². The third-order valence-electron chi connectivity index (χ3n) is 4.17. The van der Waals surface area contributed by atoms with E-state index < -0.39 is 0 Å². The lowest BCUT2D eigenvalue weighted by molar-refractivity contribution is -0.120. The Bertz CT molecular complexity index is 895. The maximum atomic E-state index is 12.0. The molecule has 0 radical (unpaired) electrons. The number of halogens is 1. The van der Waals surface area contributed by atoms with Crippen LogP contribution >= 0.6 is 23.4 Å². The van der Waals surface area contributed by atoms with Gasteiger partial charge in [0.05, 0.1) is 19.0 Å². The normalized spacial score (nSPS) is 10.6. The van der Waals surface area contributed by atoms with Crippen LogP contribution in [0.4, 0.5) is 0 Å². The van der Waals surface area contributed by atoms with Gasteiger partial charge < -0.3 is 15.0 Å². The Labute approximate surface area is 173 Å². The first-order valence-electron chi connectivity index (χ1n) is 8.97. The lowest BCUT2D eigenvalue weighted by Crippen LogP contribution is -2.25. The quantitative estimate of drug-likeness (QED) is 0.396. The Balaban J connectivity index is 1.36. The van der Waals surface area contributed by atoms with Crippen molar-refractivity contribution >= 4 is 29.3 Å². The van der Waals surface area contributed by atoms with E-state index in [1.807, 2.05) is 48.5 Å². The van der Waals surface area contributed by atoms with Crippen LogP contribution in [0.1, 0.15) is 12.0 Å². The fraction of sp³-hybridized carbons (Fsp3) is 0.238. The Morgan fingerprint density at radius 3 is 2.64 bits per heavy atom. The molecule has 0 aliphatic carbocycles. The van der Waals surface area contributed by atoms with Crippen molar-refractivity contribution in [3.63, 3.8) is 0 Å². The molecule has 2 aromatic carbocycles. The van der Waals surface area contributed by atoms with Crippen LogP contribution in [0.25, 0.3) is 11.3 Å². The SMILES string of the molecule is COc1ccc(CCC(=O)NCCSc2ncc(-c3ccc(Cl)cc3)[nH]2)cc1. The summed E-state index contributed by atoms with van der Waals surface area (Å²) in [5.74, 6) is 1.63. The van der Waals surface area contributed by atoms with Crippen molar-refractivity contribution in [3.05, 3.63) is 65.3 Å². The minimum atomic E-state index is 0.0534. The molecule has 28 heavy (non-hydrogen) atoms. The number of aryl methyl sites for hydroxylation is 1. The maximum Gasteiger partial charge on any atom is 0.220 e. The summed E-state index contributed by atoms with van der Waals surface area (Å²) in [6, 6.07) is 15.4. The lowest BCUT2D eigenvalue weighted by Gasteiger charge is -2.05. The minimum absolute atomic E-state index is 0.0534. The number of nitrogens with one attached hydrogen (secondary N) is 2. The Morgan fingerprint density at radius 1 is 1.18 bits per heavy atom. The molecule has 0 atom stereocenters. The van der Waals surface area contributed by atoms with Crippen LogP contribution in [0, 0.1) is 0 Å². The smallest absolute Gasteiger partial charge is 0.220 e. The number of aromatic nitrogens is 2. The van der Waals surface area contributed by atoms with Crippen LogP contribution in [0.2, 0.25) is 5.02 Å². The summed E-state index contributed by atoms with van der Waals surface area (Å²) in [7, 11) is 1.64. The number of H-pyrrole nitrogens is 1. The molecular weight excluding hydrogens is 394 g/mol. The van der Waals surface area contributed by atoms with Gasteiger partial charge in [0.15, 0.2) is 5.16 Å². The second-order valence-electron chi connectivity index (χ2n) is 6.16. The molecule has 0 fully saturated rings. The highest BCUT2D eigenvalue weighted by Crippen LogP contribution is 2.22. The number of amides is 1. The van der Waals surface area contributed by atoms with Gasteiger partial charge >= 0.3 is 0 Å². The number of rotatable bonds is 9. The van der Waals surface area contributed by atoms with Crippen LogP contribution in [-0.4, -0.2) is 35.3 Å². The monoisotopic (exact) mass is 415 g/mol. The number of benzene rings is 2. The highest BCUT2D eigenvalue weighted by molar-refractivity contribution is 7.99. The van der Waals surface area contributed by atoms with Gasteiger partial charge in [-0.25, -0.2) is 4.98 Å². The van der Waals surface area contributed by atoms with E-state index >= 15 is 0 Å². The molecule has 2 N–H and O–H groups in total. The highest BCUT2D eigenvalue weighted by Gasteiger charge is 2.05. The van der Waals surface area contributed by atoms with E-state index in [0.717, 1.165) is 33.5 Å². The van der Waals surface area contributed by atoms with Gasteiger partial charge in [0, 0.05) is 23.7 Å². The zero-order valence-corrected chi connectivity index (χ0v) is 17.1. The summed E-state index contributed by atoms with van der Waals surface area (Å²) in [6.45, 7) is 0.600. The number of hydrogen-bond donors (Lipinski definition) is 2. The number of nitrogens with zero attached hydrogens (tertiary/aromatic N) is 1. The second kappa shape index (κ2) is 10.2. The van der Waals surface area contributed by atoms with Gasteiger partial charge in [0.2, 0.25) is 5.91 Å². The average molecular weight is 416 g/mol. The number of aromatic amines is 1. The Morgan fingerprint density at radius 2 is 1.93 bits per heavy atom. The first-order valence-corrected chi connectivity index (χ1v) is 10.3. The third-order valence-corrected chi connectivity index (χ3v) is 5.31. The molecule has 0 bridgehead atoms. The Kier molecular flexibility index (Phi) is 7.39. The standard InChI is InChI=1S/C21H22ClN3O2S/c1-27-18-9-2-15(3-10-18)4-11-20(26)23-12-13-28-21-24-14-19(25-21)16-5-7-17(22)8-6-16/h2-3,5-10,14H,4,11-13H2,1H3,(H,23,26)(H,24,25). The fourth-order valence-electron chi connectivity index (χ4n) is 2.63. The molecular formula is C21H22ClN3O2S. The van der Waals surface area contributed by atoms with E-state index in [0.29, 0.717) is 24.4 Å². The van der Waals surface area contributed by atoms with Gasteiger partial charge in [-0.05, 0) is 41.8 Å². The van der Waals surface area contributed by atoms with Crippen LogP contribution in [0.3, 0.4) is 0 Å². The summed E-state index contributed by atoms with van der Waals surface area (Å²) in [5.41, 5.74) is 3.11. The average Bonchev–Trinajstić information content (AvgIpc) is 3.19. The molecule has 7 heteroatoms. The molecule has 1 aromatic heterocycles. The van der Waals surface area contributed by atoms with E-state index in [2.05, 4.69) is 15.3 Å². The lowest BCUT2D eigenvalue weighted by atomic mass is 10.1. The number of thioether (sulfide) groups is 1. The molecule has 0 aliphatic rings. The van der Waals surface area contributed by atoms with Crippen LogP contribution in [0.5, 0.6) is 5.75 Å². The third kappa shape index (κ3) is 6.04. The molecule has 0 spiro atoms. The largest absolute Gasteiger partial charge is 0.497 e. The van der Waals surface area contributed by atoms with Crippen LogP contribution < -0.4 is 10.1 Å². The molecule has 5 nitrogen and oxygen atoms in total. The van der Waals surface area contributed by atoms with Crippen molar-refractivity contribution < 1.29 is 9.53 Å². The minimum Gasteiger partial charge on any atom is -0.497 e.